The number of sulfonamides is 1. The third-order valence-corrected chi connectivity index (χ3v) is 5.80. The van der Waals surface area contributed by atoms with Gasteiger partial charge >= 0.3 is 0 Å². The fourth-order valence-corrected chi connectivity index (χ4v) is 4.31. The molecular formula is C14H17ClN4O2S. The third kappa shape index (κ3) is 2.77. The van der Waals surface area contributed by atoms with Crippen LogP contribution in [0.15, 0.2) is 35.5 Å². The maximum Gasteiger partial charge on any atom is 0.260 e. The zero-order valence-electron chi connectivity index (χ0n) is 12.2. The molecule has 1 fully saturated rings. The molecule has 1 N–H and O–H groups in total. The zero-order chi connectivity index (χ0) is 15.7. The fourth-order valence-electron chi connectivity index (χ4n) is 2.47. The molecular weight excluding hydrogens is 324 g/mol. The summed E-state index contributed by atoms with van der Waals surface area (Å²) < 4.78 is 28.5. The Hall–Kier alpha value is -1.41. The van der Waals surface area contributed by atoms with Crippen LogP contribution in [-0.4, -0.2) is 48.7 Å². The predicted molar refractivity (Wildman–Crippen MR) is 84.9 cm³/mol. The van der Waals surface area contributed by atoms with Crippen molar-refractivity contribution in [3.05, 3.63) is 41.0 Å². The van der Waals surface area contributed by atoms with Crippen LogP contribution in [0, 0.1) is 6.92 Å². The highest BCUT2D eigenvalue weighted by atomic mass is 35.5. The van der Waals surface area contributed by atoms with E-state index in [2.05, 4.69) is 10.4 Å². The van der Waals surface area contributed by atoms with Crippen molar-refractivity contribution in [1.82, 2.24) is 19.4 Å². The SMILES string of the molecule is Cc1ccc(-n2nccc2S(=O)(=O)N2CCNCC2)c(Cl)c1. The van der Waals surface area contributed by atoms with E-state index in [1.807, 2.05) is 13.0 Å². The van der Waals surface area contributed by atoms with Gasteiger partial charge < -0.3 is 5.32 Å². The Morgan fingerprint density at radius 2 is 1.95 bits per heavy atom. The summed E-state index contributed by atoms with van der Waals surface area (Å²) in [5, 5.41) is 7.90. The molecule has 0 spiro atoms. The van der Waals surface area contributed by atoms with Crippen molar-refractivity contribution in [2.24, 2.45) is 0 Å². The van der Waals surface area contributed by atoms with E-state index in [-0.39, 0.29) is 5.03 Å². The number of benzene rings is 1. The van der Waals surface area contributed by atoms with Crippen LogP contribution in [-0.2, 0) is 10.0 Å². The smallest absolute Gasteiger partial charge is 0.260 e. The average Bonchev–Trinajstić information content (AvgIpc) is 2.98. The summed E-state index contributed by atoms with van der Waals surface area (Å²) >= 11 is 6.25. The lowest BCUT2D eigenvalue weighted by molar-refractivity contribution is 0.358. The Kier molecular flexibility index (Phi) is 4.22. The summed E-state index contributed by atoms with van der Waals surface area (Å²) in [7, 11) is -3.59. The van der Waals surface area contributed by atoms with Crippen LogP contribution in [0.2, 0.25) is 5.02 Å². The van der Waals surface area contributed by atoms with Gasteiger partial charge in [0.2, 0.25) is 0 Å². The molecule has 1 saturated heterocycles. The fraction of sp³-hybridized carbons (Fsp3) is 0.357. The molecule has 0 bridgehead atoms. The lowest BCUT2D eigenvalue weighted by Gasteiger charge is -2.26. The Labute approximate surface area is 134 Å². The van der Waals surface area contributed by atoms with Crippen LogP contribution in [0.5, 0.6) is 0 Å². The van der Waals surface area contributed by atoms with E-state index in [9.17, 15) is 8.42 Å². The topological polar surface area (TPSA) is 67.2 Å². The molecule has 1 aromatic heterocycles. The monoisotopic (exact) mass is 340 g/mol. The van der Waals surface area contributed by atoms with E-state index >= 15 is 0 Å². The molecule has 22 heavy (non-hydrogen) atoms. The number of aromatic nitrogens is 2. The Balaban J connectivity index is 2.05. The molecule has 0 saturated carbocycles. The first kappa shape index (κ1) is 15.5. The van der Waals surface area contributed by atoms with Crippen molar-refractivity contribution in [2.75, 3.05) is 26.2 Å². The van der Waals surface area contributed by atoms with Crippen LogP contribution in [0.4, 0.5) is 0 Å². The normalized spacial score (nSPS) is 16.8. The minimum atomic E-state index is -3.59. The molecule has 2 aromatic rings. The van der Waals surface area contributed by atoms with E-state index in [1.54, 1.807) is 12.1 Å². The average molecular weight is 341 g/mol. The van der Waals surface area contributed by atoms with Gasteiger partial charge in [-0.3, -0.25) is 0 Å². The minimum absolute atomic E-state index is 0.139. The molecule has 8 heteroatoms. The van der Waals surface area contributed by atoms with E-state index < -0.39 is 10.0 Å². The van der Waals surface area contributed by atoms with Crippen molar-refractivity contribution in [1.29, 1.82) is 0 Å². The van der Waals surface area contributed by atoms with Crippen molar-refractivity contribution in [2.45, 2.75) is 11.9 Å². The number of hydrogen-bond acceptors (Lipinski definition) is 4. The summed E-state index contributed by atoms with van der Waals surface area (Å²) in [5.74, 6) is 0. The Morgan fingerprint density at radius 3 is 2.64 bits per heavy atom. The van der Waals surface area contributed by atoms with Gasteiger partial charge in [-0.1, -0.05) is 17.7 Å². The summed E-state index contributed by atoms with van der Waals surface area (Å²) in [6.45, 7) is 4.14. The van der Waals surface area contributed by atoms with Crippen LogP contribution < -0.4 is 5.32 Å². The number of piperazine rings is 1. The second-order valence-electron chi connectivity index (χ2n) is 5.19. The number of nitrogens with one attached hydrogen (secondary N) is 1. The van der Waals surface area contributed by atoms with Crippen LogP contribution in [0.1, 0.15) is 5.56 Å². The molecule has 118 valence electrons. The molecule has 1 aliphatic rings. The first-order chi connectivity index (χ1) is 10.5. The van der Waals surface area contributed by atoms with Gasteiger partial charge in [0, 0.05) is 26.2 Å². The van der Waals surface area contributed by atoms with E-state index in [1.165, 1.54) is 21.3 Å². The number of halogens is 1. The summed E-state index contributed by atoms with van der Waals surface area (Å²) in [6, 6.07) is 6.96. The molecule has 1 aromatic carbocycles. The molecule has 2 heterocycles. The highest BCUT2D eigenvalue weighted by molar-refractivity contribution is 7.89. The van der Waals surface area contributed by atoms with Gasteiger partial charge in [-0.2, -0.15) is 9.40 Å². The molecule has 6 nitrogen and oxygen atoms in total. The van der Waals surface area contributed by atoms with Gasteiger partial charge in [-0.05, 0) is 30.7 Å². The van der Waals surface area contributed by atoms with Gasteiger partial charge in [0.25, 0.3) is 10.0 Å². The first-order valence-corrected chi connectivity index (χ1v) is 8.83. The third-order valence-electron chi connectivity index (χ3n) is 3.62. The van der Waals surface area contributed by atoms with Crippen LogP contribution >= 0.6 is 11.6 Å². The molecule has 0 aliphatic carbocycles. The predicted octanol–water partition coefficient (Wildman–Crippen LogP) is 1.43. The molecule has 3 rings (SSSR count). The Morgan fingerprint density at radius 1 is 1.23 bits per heavy atom. The van der Waals surface area contributed by atoms with Crippen molar-refractivity contribution < 1.29 is 8.42 Å². The van der Waals surface area contributed by atoms with Gasteiger partial charge in [0.05, 0.1) is 16.9 Å². The molecule has 0 radical (unpaired) electrons. The van der Waals surface area contributed by atoms with Gasteiger partial charge in [-0.25, -0.2) is 13.1 Å². The molecule has 0 amide bonds. The van der Waals surface area contributed by atoms with E-state index in [0.717, 1.165) is 5.56 Å². The van der Waals surface area contributed by atoms with E-state index in [0.29, 0.717) is 36.9 Å². The molecule has 0 atom stereocenters. The zero-order valence-corrected chi connectivity index (χ0v) is 13.7. The first-order valence-electron chi connectivity index (χ1n) is 7.01. The maximum absolute atomic E-state index is 12.8. The molecule has 0 unspecified atom stereocenters. The Bertz CT molecular complexity index is 782. The molecule has 1 aliphatic heterocycles. The second-order valence-corrected chi connectivity index (χ2v) is 7.48. The van der Waals surface area contributed by atoms with Crippen molar-refractivity contribution in [3.8, 4) is 5.69 Å². The number of nitrogens with zero attached hydrogens (tertiary/aromatic N) is 3. The number of hydrogen-bond donors (Lipinski definition) is 1. The second kappa shape index (κ2) is 6.00. The van der Waals surface area contributed by atoms with Crippen LogP contribution in [0.25, 0.3) is 5.69 Å². The minimum Gasteiger partial charge on any atom is -0.314 e. The quantitative estimate of drug-likeness (QED) is 0.917. The number of aryl methyl sites for hydroxylation is 1. The van der Waals surface area contributed by atoms with Gasteiger partial charge in [-0.15, -0.1) is 0 Å². The maximum atomic E-state index is 12.8. The summed E-state index contributed by atoms with van der Waals surface area (Å²) in [4.78, 5) is 0. The van der Waals surface area contributed by atoms with Gasteiger partial charge in [0.15, 0.2) is 5.03 Å². The standard InChI is InChI=1S/C14H17ClN4O2S/c1-11-2-3-13(12(15)10-11)19-14(4-5-17-19)22(20,21)18-8-6-16-7-9-18/h2-5,10,16H,6-9H2,1H3. The van der Waals surface area contributed by atoms with Crippen molar-refractivity contribution >= 4 is 21.6 Å². The highest BCUT2D eigenvalue weighted by Crippen LogP contribution is 2.25. The number of rotatable bonds is 3. The largest absolute Gasteiger partial charge is 0.314 e. The summed E-state index contributed by atoms with van der Waals surface area (Å²) in [6.07, 6.45) is 1.48. The lowest BCUT2D eigenvalue weighted by atomic mass is 10.2. The van der Waals surface area contributed by atoms with Crippen LogP contribution in [0.3, 0.4) is 0 Å². The van der Waals surface area contributed by atoms with Crippen molar-refractivity contribution in [3.63, 3.8) is 0 Å². The summed E-state index contributed by atoms with van der Waals surface area (Å²) in [5.41, 5.74) is 1.57. The van der Waals surface area contributed by atoms with E-state index in [4.69, 9.17) is 11.6 Å². The lowest BCUT2D eigenvalue weighted by Crippen LogP contribution is -2.46. The highest BCUT2D eigenvalue weighted by Gasteiger charge is 2.29. The van der Waals surface area contributed by atoms with Gasteiger partial charge in [0.1, 0.15) is 0 Å².